The number of carbonyl (C=O) groups is 1. The third-order valence-corrected chi connectivity index (χ3v) is 5.33. The quantitative estimate of drug-likeness (QED) is 0.651. The highest BCUT2D eigenvalue weighted by molar-refractivity contribution is 5.96. The molecule has 0 bridgehead atoms. The van der Waals surface area contributed by atoms with Crippen LogP contribution >= 0.6 is 0 Å². The lowest BCUT2D eigenvalue weighted by Crippen LogP contribution is -2.26. The number of hydrogen-bond donors (Lipinski definition) is 0. The number of ketones is 1. The van der Waals surface area contributed by atoms with Crippen LogP contribution in [0.25, 0.3) is 0 Å². The molecule has 2 fully saturated rings. The van der Waals surface area contributed by atoms with Gasteiger partial charge < -0.3 is 0 Å². The van der Waals surface area contributed by atoms with Crippen molar-refractivity contribution >= 4 is 5.78 Å². The molecule has 0 radical (unpaired) electrons. The zero-order valence-electron chi connectivity index (χ0n) is 12.1. The van der Waals surface area contributed by atoms with E-state index in [4.69, 9.17) is 0 Å². The smallest absolute Gasteiger partial charge is 0.145 e. The van der Waals surface area contributed by atoms with Crippen LogP contribution in [0.2, 0.25) is 0 Å². The molecule has 2 aliphatic rings. The maximum atomic E-state index is 12.7. The summed E-state index contributed by atoms with van der Waals surface area (Å²) < 4.78 is 0. The molecule has 2 aliphatic carbocycles. The Morgan fingerprint density at radius 2 is 1.59 bits per heavy atom. The molecule has 0 amide bonds. The molecule has 0 N–H and O–H groups in total. The fourth-order valence-electron chi connectivity index (χ4n) is 4.54. The third kappa shape index (κ3) is 1.77. The van der Waals surface area contributed by atoms with Gasteiger partial charge in [-0.15, -0.1) is 0 Å². The van der Waals surface area contributed by atoms with Crippen molar-refractivity contribution in [1.82, 2.24) is 0 Å². The van der Waals surface area contributed by atoms with Crippen LogP contribution in [0.1, 0.15) is 79.1 Å². The molecule has 17 heavy (non-hydrogen) atoms. The van der Waals surface area contributed by atoms with Gasteiger partial charge in [-0.25, -0.2) is 0 Å². The Morgan fingerprint density at radius 1 is 1.00 bits per heavy atom. The van der Waals surface area contributed by atoms with Crippen molar-refractivity contribution in [3.8, 4) is 0 Å². The first kappa shape index (κ1) is 13.1. The summed E-state index contributed by atoms with van der Waals surface area (Å²) in [6.07, 6.45) is 9.84. The van der Waals surface area contributed by atoms with E-state index in [9.17, 15) is 4.79 Å². The first-order valence-electron chi connectivity index (χ1n) is 7.49. The van der Waals surface area contributed by atoms with Gasteiger partial charge in [0.05, 0.1) is 0 Å². The molecule has 0 aromatic rings. The number of unbranched alkanes of at least 4 members (excludes halogenated alkanes) is 2. The van der Waals surface area contributed by atoms with Crippen molar-refractivity contribution in [2.24, 2.45) is 16.2 Å². The number of fused-ring (bicyclic) bond motifs is 1. The minimum atomic E-state index is -0.0419. The fourth-order valence-corrected chi connectivity index (χ4v) is 4.54. The molecule has 1 nitrogen and oxygen atoms in total. The first-order valence-corrected chi connectivity index (χ1v) is 7.49. The van der Waals surface area contributed by atoms with Gasteiger partial charge in [0.25, 0.3) is 0 Å². The number of hydrogen-bond acceptors (Lipinski definition) is 1. The Balaban J connectivity index is 2.15. The normalized spacial score (nSPS) is 38.2. The standard InChI is InChI=1S/C16H28O/c1-5-7-9-15-11-14(3,4)13(17)16(15,12-15)10-8-6-2/h5-12H2,1-4H3. The average molecular weight is 236 g/mol. The largest absolute Gasteiger partial charge is 0.298 e. The van der Waals surface area contributed by atoms with E-state index in [1.807, 2.05) is 0 Å². The minimum absolute atomic E-state index is 0.0419. The molecule has 2 atom stereocenters. The van der Waals surface area contributed by atoms with E-state index in [1.54, 1.807) is 0 Å². The van der Waals surface area contributed by atoms with E-state index in [-0.39, 0.29) is 10.8 Å². The van der Waals surface area contributed by atoms with Crippen molar-refractivity contribution in [3.05, 3.63) is 0 Å². The van der Waals surface area contributed by atoms with Gasteiger partial charge in [-0.2, -0.15) is 0 Å². The summed E-state index contributed by atoms with van der Waals surface area (Å²) in [6, 6.07) is 0. The molecule has 0 aliphatic heterocycles. The van der Waals surface area contributed by atoms with E-state index >= 15 is 0 Å². The minimum Gasteiger partial charge on any atom is -0.298 e. The van der Waals surface area contributed by atoms with Crippen LogP contribution < -0.4 is 0 Å². The van der Waals surface area contributed by atoms with Crippen molar-refractivity contribution in [2.75, 3.05) is 0 Å². The van der Waals surface area contributed by atoms with E-state index in [0.717, 1.165) is 12.8 Å². The van der Waals surface area contributed by atoms with E-state index < -0.39 is 0 Å². The molecule has 2 unspecified atom stereocenters. The van der Waals surface area contributed by atoms with Gasteiger partial charge in [0.1, 0.15) is 5.78 Å². The molecule has 0 spiro atoms. The van der Waals surface area contributed by atoms with Crippen molar-refractivity contribution in [3.63, 3.8) is 0 Å². The molecule has 98 valence electrons. The highest BCUT2D eigenvalue weighted by Gasteiger charge is 2.77. The summed E-state index contributed by atoms with van der Waals surface area (Å²) in [5.41, 5.74) is 0.486. The molecule has 2 rings (SSSR count). The summed E-state index contributed by atoms with van der Waals surface area (Å²) in [5, 5.41) is 0. The maximum absolute atomic E-state index is 12.7. The Labute approximate surface area is 106 Å². The second-order valence-electron chi connectivity index (χ2n) is 7.14. The summed E-state index contributed by atoms with van der Waals surface area (Å²) >= 11 is 0. The van der Waals surface area contributed by atoms with Crippen LogP contribution in [0, 0.1) is 16.2 Å². The summed E-state index contributed by atoms with van der Waals surface area (Å²) in [5.74, 6) is 0.592. The van der Waals surface area contributed by atoms with Crippen LogP contribution in [-0.2, 0) is 4.79 Å². The van der Waals surface area contributed by atoms with E-state index in [2.05, 4.69) is 27.7 Å². The fraction of sp³-hybridized carbons (Fsp3) is 0.938. The first-order chi connectivity index (χ1) is 7.94. The molecular weight excluding hydrogens is 208 g/mol. The Kier molecular flexibility index (Phi) is 3.16. The SMILES string of the molecule is CCCCC12CC(C)(C)C(=O)C1(CCCC)C2. The van der Waals surface area contributed by atoms with E-state index in [0.29, 0.717) is 11.2 Å². The van der Waals surface area contributed by atoms with Crippen molar-refractivity contribution in [2.45, 2.75) is 79.1 Å². The summed E-state index contributed by atoms with van der Waals surface area (Å²) in [4.78, 5) is 12.7. The second kappa shape index (κ2) is 4.10. The maximum Gasteiger partial charge on any atom is 0.145 e. The lowest BCUT2D eigenvalue weighted by atomic mass is 9.81. The van der Waals surface area contributed by atoms with E-state index in [1.165, 1.54) is 38.5 Å². The molecule has 0 aromatic heterocycles. The highest BCUT2D eigenvalue weighted by atomic mass is 16.1. The highest BCUT2D eigenvalue weighted by Crippen LogP contribution is 2.79. The van der Waals surface area contributed by atoms with Gasteiger partial charge in [-0.3, -0.25) is 4.79 Å². The Bertz CT molecular complexity index is 317. The third-order valence-electron chi connectivity index (χ3n) is 5.33. The molecule has 1 heteroatoms. The molecule has 0 aromatic carbocycles. The monoisotopic (exact) mass is 236 g/mol. The van der Waals surface area contributed by atoms with Gasteiger partial charge in [-0.1, -0.05) is 53.4 Å². The zero-order valence-corrected chi connectivity index (χ0v) is 12.1. The van der Waals surface area contributed by atoms with Crippen molar-refractivity contribution < 1.29 is 4.79 Å². The lowest BCUT2D eigenvalue weighted by molar-refractivity contribution is -0.130. The van der Waals surface area contributed by atoms with Crippen molar-refractivity contribution in [1.29, 1.82) is 0 Å². The topological polar surface area (TPSA) is 17.1 Å². The average Bonchev–Trinajstić information content (AvgIpc) is 2.86. The second-order valence-corrected chi connectivity index (χ2v) is 7.14. The molecule has 2 saturated carbocycles. The molecule has 0 saturated heterocycles. The number of Topliss-reactive ketones (excluding diaryl/α,β-unsaturated/α-hetero) is 1. The van der Waals surface area contributed by atoms with Crippen LogP contribution in [0.4, 0.5) is 0 Å². The number of carbonyl (C=O) groups excluding carboxylic acids is 1. The van der Waals surface area contributed by atoms with Gasteiger partial charge in [0.15, 0.2) is 0 Å². The number of rotatable bonds is 6. The predicted molar refractivity (Wildman–Crippen MR) is 71.9 cm³/mol. The lowest BCUT2D eigenvalue weighted by Gasteiger charge is -2.21. The predicted octanol–water partition coefficient (Wildman–Crippen LogP) is 4.74. The van der Waals surface area contributed by atoms with Gasteiger partial charge in [0, 0.05) is 10.8 Å². The van der Waals surface area contributed by atoms with Crippen LogP contribution in [-0.4, -0.2) is 5.78 Å². The molecular formula is C16H28O. The van der Waals surface area contributed by atoms with Gasteiger partial charge in [-0.05, 0) is 31.1 Å². The molecule has 0 heterocycles. The summed E-state index contributed by atoms with van der Waals surface area (Å²) in [6.45, 7) is 8.83. The van der Waals surface area contributed by atoms with Gasteiger partial charge in [0.2, 0.25) is 0 Å². The van der Waals surface area contributed by atoms with Crippen LogP contribution in [0.15, 0.2) is 0 Å². The van der Waals surface area contributed by atoms with Crippen LogP contribution in [0.5, 0.6) is 0 Å². The zero-order chi connectivity index (χ0) is 12.7. The van der Waals surface area contributed by atoms with Crippen LogP contribution in [0.3, 0.4) is 0 Å². The summed E-state index contributed by atoms with van der Waals surface area (Å²) in [7, 11) is 0. The van der Waals surface area contributed by atoms with Gasteiger partial charge >= 0.3 is 0 Å². The Morgan fingerprint density at radius 3 is 2.18 bits per heavy atom. The Hall–Kier alpha value is -0.330.